The molecule has 0 spiro atoms. The Hall–Kier alpha value is -1.10. The summed E-state index contributed by atoms with van der Waals surface area (Å²) in [6.07, 6.45) is 4.81. The van der Waals surface area contributed by atoms with E-state index in [2.05, 4.69) is 0 Å². The van der Waals surface area contributed by atoms with Crippen LogP contribution in [0.15, 0.2) is 0 Å². The van der Waals surface area contributed by atoms with Gasteiger partial charge in [0, 0.05) is 19.6 Å². The van der Waals surface area contributed by atoms with Crippen LogP contribution in [0.4, 0.5) is 0 Å². The van der Waals surface area contributed by atoms with Crippen molar-refractivity contribution in [1.29, 1.82) is 0 Å². The summed E-state index contributed by atoms with van der Waals surface area (Å²) in [6, 6.07) is -0.605. The van der Waals surface area contributed by atoms with E-state index in [1.54, 1.807) is 0 Å². The van der Waals surface area contributed by atoms with Crippen LogP contribution in [-0.4, -0.2) is 47.2 Å². The van der Waals surface area contributed by atoms with Crippen molar-refractivity contribution in [2.24, 2.45) is 0 Å². The van der Waals surface area contributed by atoms with E-state index in [-0.39, 0.29) is 12.0 Å². The molecular weight excluding hydrogens is 222 g/mol. The molecule has 2 heterocycles. The highest BCUT2D eigenvalue weighted by molar-refractivity contribution is 5.84. The first-order valence-corrected chi connectivity index (χ1v) is 6.32. The predicted octanol–water partition coefficient (Wildman–Crippen LogP) is 1.02. The van der Waals surface area contributed by atoms with Gasteiger partial charge in [-0.1, -0.05) is 0 Å². The number of aliphatic carboxylic acids is 1. The molecule has 17 heavy (non-hydrogen) atoms. The van der Waals surface area contributed by atoms with Gasteiger partial charge in [0.2, 0.25) is 5.91 Å². The molecule has 2 rings (SSSR count). The number of carboxylic acids is 1. The number of amides is 1. The summed E-state index contributed by atoms with van der Waals surface area (Å²) in [5.41, 5.74) is 0. The molecule has 0 radical (unpaired) electrons. The zero-order chi connectivity index (χ0) is 12.3. The van der Waals surface area contributed by atoms with Crippen LogP contribution in [-0.2, 0) is 14.3 Å². The summed E-state index contributed by atoms with van der Waals surface area (Å²) in [6.45, 7) is 1.38. The number of carboxylic acid groups (broad SMARTS) is 1. The van der Waals surface area contributed by atoms with E-state index in [4.69, 9.17) is 9.84 Å². The Morgan fingerprint density at radius 3 is 2.76 bits per heavy atom. The van der Waals surface area contributed by atoms with Gasteiger partial charge in [0.05, 0.1) is 6.10 Å². The molecule has 0 aromatic carbocycles. The third-order valence-corrected chi connectivity index (χ3v) is 3.56. The highest BCUT2D eigenvalue weighted by atomic mass is 16.5. The molecule has 1 N–H and O–H groups in total. The number of nitrogens with zero attached hydrogens (tertiary/aromatic N) is 1. The fourth-order valence-corrected chi connectivity index (χ4v) is 2.62. The van der Waals surface area contributed by atoms with Crippen molar-refractivity contribution in [1.82, 2.24) is 4.90 Å². The lowest BCUT2D eigenvalue weighted by atomic mass is 10.1. The molecular formula is C12H19NO4. The first kappa shape index (κ1) is 12.4. The number of likely N-dealkylation sites (tertiary alicyclic amines) is 1. The van der Waals surface area contributed by atoms with Crippen molar-refractivity contribution in [3.8, 4) is 0 Å². The molecule has 1 amide bonds. The SMILES string of the molecule is O=C(O)C1CCCN1C(=O)CCC1CCCO1. The van der Waals surface area contributed by atoms with Gasteiger partial charge in [0.1, 0.15) is 6.04 Å². The summed E-state index contributed by atoms with van der Waals surface area (Å²) in [7, 11) is 0. The molecule has 2 aliphatic heterocycles. The molecule has 2 saturated heterocycles. The van der Waals surface area contributed by atoms with Crippen LogP contribution >= 0.6 is 0 Å². The van der Waals surface area contributed by atoms with Crippen molar-refractivity contribution >= 4 is 11.9 Å². The number of hydrogen-bond donors (Lipinski definition) is 1. The average molecular weight is 241 g/mol. The van der Waals surface area contributed by atoms with Gasteiger partial charge in [-0.25, -0.2) is 4.79 Å². The molecule has 0 saturated carbocycles. The van der Waals surface area contributed by atoms with Gasteiger partial charge in [-0.05, 0) is 32.1 Å². The highest BCUT2D eigenvalue weighted by Gasteiger charge is 2.33. The molecule has 2 aliphatic rings. The Morgan fingerprint density at radius 2 is 2.12 bits per heavy atom. The normalized spacial score (nSPS) is 28.6. The van der Waals surface area contributed by atoms with Crippen molar-refractivity contribution in [2.45, 2.75) is 50.7 Å². The predicted molar refractivity (Wildman–Crippen MR) is 60.6 cm³/mol. The summed E-state index contributed by atoms with van der Waals surface area (Å²) < 4.78 is 5.45. The molecule has 0 bridgehead atoms. The van der Waals surface area contributed by atoms with E-state index in [0.29, 0.717) is 19.4 Å². The zero-order valence-corrected chi connectivity index (χ0v) is 9.93. The van der Waals surface area contributed by atoms with Crippen molar-refractivity contribution < 1.29 is 19.4 Å². The Bertz CT molecular complexity index is 299. The van der Waals surface area contributed by atoms with E-state index in [9.17, 15) is 9.59 Å². The second-order valence-electron chi connectivity index (χ2n) is 4.76. The third-order valence-electron chi connectivity index (χ3n) is 3.56. The van der Waals surface area contributed by atoms with Gasteiger partial charge in [-0.15, -0.1) is 0 Å². The van der Waals surface area contributed by atoms with Gasteiger partial charge >= 0.3 is 5.97 Å². The molecule has 0 aromatic rings. The average Bonchev–Trinajstić information content (AvgIpc) is 2.96. The van der Waals surface area contributed by atoms with Gasteiger partial charge in [0.25, 0.3) is 0 Å². The van der Waals surface area contributed by atoms with Gasteiger partial charge in [-0.2, -0.15) is 0 Å². The molecule has 5 nitrogen and oxygen atoms in total. The van der Waals surface area contributed by atoms with E-state index in [1.165, 1.54) is 4.90 Å². The number of rotatable bonds is 4. The van der Waals surface area contributed by atoms with E-state index in [0.717, 1.165) is 32.3 Å². The Balaban J connectivity index is 1.80. The second-order valence-corrected chi connectivity index (χ2v) is 4.76. The molecule has 2 atom stereocenters. The lowest BCUT2D eigenvalue weighted by Crippen LogP contribution is -2.40. The van der Waals surface area contributed by atoms with Crippen LogP contribution in [0, 0.1) is 0 Å². The second kappa shape index (κ2) is 5.49. The number of ether oxygens (including phenoxy) is 1. The quantitative estimate of drug-likeness (QED) is 0.798. The molecule has 2 fully saturated rings. The van der Waals surface area contributed by atoms with Crippen molar-refractivity contribution in [3.05, 3.63) is 0 Å². The minimum absolute atomic E-state index is 0.0367. The Labute approximate surface area is 101 Å². The first-order chi connectivity index (χ1) is 8.18. The number of carbonyl (C=O) groups is 2. The Morgan fingerprint density at radius 1 is 1.29 bits per heavy atom. The van der Waals surface area contributed by atoms with E-state index in [1.807, 2.05) is 0 Å². The lowest BCUT2D eigenvalue weighted by molar-refractivity contribution is -0.148. The molecule has 0 aromatic heterocycles. The van der Waals surface area contributed by atoms with Gasteiger partial charge in [0.15, 0.2) is 0 Å². The van der Waals surface area contributed by atoms with Gasteiger partial charge in [-0.3, -0.25) is 4.79 Å². The summed E-state index contributed by atoms with van der Waals surface area (Å²) in [5.74, 6) is -0.918. The maximum atomic E-state index is 11.9. The van der Waals surface area contributed by atoms with Crippen LogP contribution in [0.3, 0.4) is 0 Å². The molecule has 2 unspecified atom stereocenters. The molecule has 0 aliphatic carbocycles. The first-order valence-electron chi connectivity index (χ1n) is 6.32. The smallest absolute Gasteiger partial charge is 0.326 e. The topological polar surface area (TPSA) is 66.8 Å². The van der Waals surface area contributed by atoms with Crippen LogP contribution in [0.1, 0.15) is 38.5 Å². The monoisotopic (exact) mass is 241 g/mol. The minimum atomic E-state index is -0.882. The molecule has 96 valence electrons. The van der Waals surface area contributed by atoms with Crippen LogP contribution < -0.4 is 0 Å². The zero-order valence-electron chi connectivity index (χ0n) is 9.93. The molecule has 5 heteroatoms. The Kier molecular flexibility index (Phi) is 3.99. The van der Waals surface area contributed by atoms with Crippen LogP contribution in [0.2, 0.25) is 0 Å². The maximum absolute atomic E-state index is 11.9. The standard InChI is InChI=1S/C12H19NO4/c14-11(6-5-9-3-2-8-17-9)13-7-1-4-10(13)12(15)16/h9-10H,1-8H2,(H,15,16). The fraction of sp³-hybridized carbons (Fsp3) is 0.833. The maximum Gasteiger partial charge on any atom is 0.326 e. The summed E-state index contributed by atoms with van der Waals surface area (Å²) in [5, 5.41) is 8.99. The highest BCUT2D eigenvalue weighted by Crippen LogP contribution is 2.21. The number of carbonyl (C=O) groups excluding carboxylic acids is 1. The number of hydrogen-bond acceptors (Lipinski definition) is 3. The summed E-state index contributed by atoms with van der Waals surface area (Å²) in [4.78, 5) is 24.4. The minimum Gasteiger partial charge on any atom is -0.480 e. The largest absolute Gasteiger partial charge is 0.480 e. The lowest BCUT2D eigenvalue weighted by Gasteiger charge is -2.22. The van der Waals surface area contributed by atoms with E-state index < -0.39 is 12.0 Å². The van der Waals surface area contributed by atoms with E-state index >= 15 is 0 Å². The fourth-order valence-electron chi connectivity index (χ4n) is 2.62. The van der Waals surface area contributed by atoms with Crippen molar-refractivity contribution in [3.63, 3.8) is 0 Å². The third kappa shape index (κ3) is 2.97. The summed E-state index contributed by atoms with van der Waals surface area (Å²) >= 11 is 0. The van der Waals surface area contributed by atoms with Gasteiger partial charge < -0.3 is 14.7 Å². The van der Waals surface area contributed by atoms with Crippen LogP contribution in [0.25, 0.3) is 0 Å². The van der Waals surface area contributed by atoms with Crippen LogP contribution in [0.5, 0.6) is 0 Å². The van der Waals surface area contributed by atoms with Crippen molar-refractivity contribution in [2.75, 3.05) is 13.2 Å².